The lowest BCUT2D eigenvalue weighted by Gasteiger charge is -2.15. The molecule has 0 bridgehead atoms. The van der Waals surface area contributed by atoms with Crippen LogP contribution in [0.1, 0.15) is 6.92 Å². The number of nitrogens with zero attached hydrogens (tertiary/aromatic N) is 1. The van der Waals surface area contributed by atoms with Crippen molar-refractivity contribution < 1.29 is 14.5 Å². The van der Waals surface area contributed by atoms with Gasteiger partial charge in [0.2, 0.25) is 5.91 Å². The van der Waals surface area contributed by atoms with Gasteiger partial charge in [0.1, 0.15) is 6.04 Å². The minimum absolute atomic E-state index is 0.125. The number of anilines is 2. The number of nitrogens with one attached hydrogen (secondary N) is 2. The summed E-state index contributed by atoms with van der Waals surface area (Å²) >= 11 is 0. The van der Waals surface area contributed by atoms with Crippen molar-refractivity contribution in [3.05, 3.63) is 28.3 Å². The third-order valence-corrected chi connectivity index (χ3v) is 2.53. The predicted molar refractivity (Wildman–Crippen MR) is 75.5 cm³/mol. The summed E-state index contributed by atoms with van der Waals surface area (Å²) in [5.74, 6) is -0.230. The number of methoxy groups -OCH3 is 1. The van der Waals surface area contributed by atoms with Crippen LogP contribution < -0.4 is 16.4 Å². The van der Waals surface area contributed by atoms with Crippen molar-refractivity contribution in [2.75, 3.05) is 31.3 Å². The van der Waals surface area contributed by atoms with Crippen LogP contribution in [0.15, 0.2) is 18.2 Å². The fourth-order valence-corrected chi connectivity index (χ4v) is 1.57. The maximum Gasteiger partial charge on any atom is 0.273 e. The van der Waals surface area contributed by atoms with Gasteiger partial charge in [-0.3, -0.25) is 14.9 Å². The number of nitro groups is 1. The number of carbonyl (C=O) groups excluding carboxylic acids is 1. The molecule has 0 saturated carbocycles. The van der Waals surface area contributed by atoms with E-state index in [1.165, 1.54) is 18.2 Å². The van der Waals surface area contributed by atoms with E-state index >= 15 is 0 Å². The van der Waals surface area contributed by atoms with Crippen molar-refractivity contribution in [3.8, 4) is 0 Å². The first-order chi connectivity index (χ1) is 9.43. The second-order valence-corrected chi connectivity index (χ2v) is 4.22. The highest BCUT2D eigenvalue weighted by Gasteiger charge is 2.14. The van der Waals surface area contributed by atoms with Crippen LogP contribution in [0.3, 0.4) is 0 Å². The predicted octanol–water partition coefficient (Wildman–Crippen LogP) is 0.740. The molecule has 0 aliphatic rings. The number of hydrogen-bond donors (Lipinski definition) is 3. The van der Waals surface area contributed by atoms with E-state index in [4.69, 9.17) is 10.5 Å². The Hall–Kier alpha value is -2.35. The number of hydrogen-bond acceptors (Lipinski definition) is 6. The van der Waals surface area contributed by atoms with Gasteiger partial charge in [-0.05, 0) is 13.0 Å². The van der Waals surface area contributed by atoms with Gasteiger partial charge in [-0.25, -0.2) is 0 Å². The van der Waals surface area contributed by atoms with Gasteiger partial charge in [0.15, 0.2) is 0 Å². The molecule has 0 aliphatic carbocycles. The lowest BCUT2D eigenvalue weighted by atomic mass is 10.2. The maximum absolute atomic E-state index is 11.7. The number of amides is 1. The Morgan fingerprint density at radius 3 is 2.80 bits per heavy atom. The first kappa shape index (κ1) is 15.7. The van der Waals surface area contributed by atoms with Crippen LogP contribution in [-0.4, -0.2) is 37.1 Å². The van der Waals surface area contributed by atoms with E-state index in [0.29, 0.717) is 18.8 Å². The average molecular weight is 282 g/mol. The van der Waals surface area contributed by atoms with Crippen LogP contribution in [0.25, 0.3) is 0 Å². The molecule has 110 valence electrons. The van der Waals surface area contributed by atoms with Crippen molar-refractivity contribution in [3.63, 3.8) is 0 Å². The molecule has 1 unspecified atom stereocenters. The molecule has 0 radical (unpaired) electrons. The Morgan fingerprint density at radius 2 is 2.20 bits per heavy atom. The minimum Gasteiger partial charge on any atom is -0.398 e. The standard InChI is InChI=1S/C12H18N4O4/c1-8(12(17)14-3-4-20-2)15-10-5-9(13)6-11(7-10)16(18)19/h5-8,15H,3-4,13H2,1-2H3,(H,14,17). The lowest BCUT2D eigenvalue weighted by molar-refractivity contribution is -0.384. The molecule has 0 heterocycles. The summed E-state index contributed by atoms with van der Waals surface area (Å²) < 4.78 is 4.82. The van der Waals surface area contributed by atoms with Gasteiger partial charge in [0.05, 0.1) is 11.5 Å². The molecular formula is C12H18N4O4. The number of non-ortho nitro benzene ring substituents is 1. The monoisotopic (exact) mass is 282 g/mol. The van der Waals surface area contributed by atoms with E-state index in [9.17, 15) is 14.9 Å². The molecule has 1 rings (SSSR count). The number of benzene rings is 1. The largest absolute Gasteiger partial charge is 0.398 e. The van der Waals surface area contributed by atoms with E-state index in [2.05, 4.69) is 10.6 Å². The van der Waals surface area contributed by atoms with Crippen LogP contribution in [0.2, 0.25) is 0 Å². The molecule has 8 nitrogen and oxygen atoms in total. The van der Waals surface area contributed by atoms with Gasteiger partial charge < -0.3 is 21.1 Å². The van der Waals surface area contributed by atoms with E-state index < -0.39 is 11.0 Å². The summed E-state index contributed by atoms with van der Waals surface area (Å²) in [6.07, 6.45) is 0. The summed E-state index contributed by atoms with van der Waals surface area (Å²) in [6.45, 7) is 2.47. The highest BCUT2D eigenvalue weighted by molar-refractivity contribution is 5.84. The second-order valence-electron chi connectivity index (χ2n) is 4.22. The number of nitrogen functional groups attached to an aromatic ring is 1. The van der Waals surface area contributed by atoms with Crippen molar-refractivity contribution in [1.82, 2.24) is 5.32 Å². The van der Waals surface area contributed by atoms with Gasteiger partial charge in [-0.2, -0.15) is 0 Å². The SMILES string of the molecule is COCCNC(=O)C(C)Nc1cc(N)cc([N+](=O)[O-])c1. The number of carbonyl (C=O) groups is 1. The third-order valence-electron chi connectivity index (χ3n) is 2.53. The molecule has 1 amide bonds. The molecule has 20 heavy (non-hydrogen) atoms. The number of rotatable bonds is 7. The molecule has 1 aromatic rings. The van der Waals surface area contributed by atoms with Crippen LogP contribution >= 0.6 is 0 Å². The maximum atomic E-state index is 11.7. The smallest absolute Gasteiger partial charge is 0.273 e. The zero-order valence-electron chi connectivity index (χ0n) is 11.4. The summed E-state index contributed by atoms with van der Waals surface area (Å²) in [5.41, 5.74) is 6.14. The van der Waals surface area contributed by atoms with Gasteiger partial charge in [0, 0.05) is 37.2 Å². The van der Waals surface area contributed by atoms with Gasteiger partial charge >= 0.3 is 0 Å². The Morgan fingerprint density at radius 1 is 1.50 bits per heavy atom. The first-order valence-electron chi connectivity index (χ1n) is 6.02. The summed E-state index contributed by atoms with van der Waals surface area (Å²) in [6, 6.07) is 3.57. The molecule has 1 aromatic carbocycles. The molecule has 0 fully saturated rings. The molecule has 0 aromatic heterocycles. The van der Waals surface area contributed by atoms with Crippen LogP contribution in [-0.2, 0) is 9.53 Å². The quantitative estimate of drug-likeness (QED) is 0.294. The van der Waals surface area contributed by atoms with Gasteiger partial charge in [0.25, 0.3) is 5.69 Å². The Kier molecular flexibility index (Phi) is 5.73. The van der Waals surface area contributed by atoms with Crippen LogP contribution in [0, 0.1) is 10.1 Å². The molecule has 4 N–H and O–H groups in total. The number of ether oxygens (including phenoxy) is 1. The van der Waals surface area contributed by atoms with E-state index in [-0.39, 0.29) is 17.3 Å². The highest BCUT2D eigenvalue weighted by atomic mass is 16.6. The molecule has 0 aliphatic heterocycles. The van der Waals surface area contributed by atoms with E-state index in [0.717, 1.165) is 0 Å². The third kappa shape index (κ3) is 4.73. The second kappa shape index (κ2) is 7.29. The topological polar surface area (TPSA) is 120 Å². The van der Waals surface area contributed by atoms with Crippen molar-refractivity contribution >= 4 is 23.0 Å². The van der Waals surface area contributed by atoms with Crippen LogP contribution in [0.4, 0.5) is 17.1 Å². The average Bonchev–Trinajstić information content (AvgIpc) is 2.38. The Balaban J connectivity index is 2.67. The minimum atomic E-state index is -0.548. The molecule has 0 spiro atoms. The molecule has 1 atom stereocenters. The molecule has 0 saturated heterocycles. The highest BCUT2D eigenvalue weighted by Crippen LogP contribution is 2.22. The lowest BCUT2D eigenvalue weighted by Crippen LogP contribution is -2.39. The Bertz CT molecular complexity index is 492. The zero-order chi connectivity index (χ0) is 15.1. The van der Waals surface area contributed by atoms with E-state index in [1.54, 1.807) is 14.0 Å². The van der Waals surface area contributed by atoms with Gasteiger partial charge in [-0.1, -0.05) is 0 Å². The van der Waals surface area contributed by atoms with Crippen molar-refractivity contribution in [2.45, 2.75) is 13.0 Å². The molecular weight excluding hydrogens is 264 g/mol. The summed E-state index contributed by atoms with van der Waals surface area (Å²) in [7, 11) is 1.54. The zero-order valence-corrected chi connectivity index (χ0v) is 11.4. The van der Waals surface area contributed by atoms with Crippen molar-refractivity contribution in [2.24, 2.45) is 0 Å². The van der Waals surface area contributed by atoms with Gasteiger partial charge in [-0.15, -0.1) is 0 Å². The number of nitro benzene ring substituents is 1. The van der Waals surface area contributed by atoms with Crippen molar-refractivity contribution in [1.29, 1.82) is 0 Å². The molecule has 8 heteroatoms. The fourth-order valence-electron chi connectivity index (χ4n) is 1.57. The first-order valence-corrected chi connectivity index (χ1v) is 6.02. The normalized spacial score (nSPS) is 11.7. The Labute approximate surface area is 116 Å². The fraction of sp³-hybridized carbons (Fsp3) is 0.417. The summed E-state index contributed by atoms with van der Waals surface area (Å²) in [4.78, 5) is 21.9. The van der Waals surface area contributed by atoms with Crippen LogP contribution in [0.5, 0.6) is 0 Å². The van der Waals surface area contributed by atoms with E-state index in [1.807, 2.05) is 0 Å². The summed E-state index contributed by atoms with van der Waals surface area (Å²) in [5, 5.41) is 16.3. The number of nitrogens with two attached hydrogens (primary N) is 1.